The monoisotopic (exact) mass is 276 g/mol. The van der Waals surface area contributed by atoms with Gasteiger partial charge in [-0.15, -0.1) is 0 Å². The molecule has 2 aromatic heterocycles. The molecule has 0 spiro atoms. The molecule has 2 heterocycles. The molecule has 2 rings (SSSR count). The average Bonchev–Trinajstić information content (AvgIpc) is 3.03. The van der Waals surface area contributed by atoms with Gasteiger partial charge in [0.15, 0.2) is 0 Å². The maximum atomic E-state index is 5.75. The molecule has 0 aliphatic rings. The van der Waals surface area contributed by atoms with E-state index in [1.807, 2.05) is 13.8 Å². The van der Waals surface area contributed by atoms with Crippen molar-refractivity contribution in [3.8, 4) is 0 Å². The molecule has 1 atom stereocenters. The van der Waals surface area contributed by atoms with Gasteiger partial charge in [0.05, 0.1) is 11.7 Å². The van der Waals surface area contributed by atoms with Crippen molar-refractivity contribution in [1.82, 2.24) is 10.5 Å². The lowest BCUT2D eigenvalue weighted by Gasteiger charge is -2.11. The van der Waals surface area contributed by atoms with Crippen LogP contribution in [0.5, 0.6) is 0 Å². The lowest BCUT2D eigenvalue weighted by molar-refractivity contribution is 0.391. The number of nitrogens with zero attached hydrogens (tertiary/aromatic N) is 1. The van der Waals surface area contributed by atoms with E-state index >= 15 is 0 Å². The van der Waals surface area contributed by atoms with Gasteiger partial charge >= 0.3 is 0 Å². The summed E-state index contributed by atoms with van der Waals surface area (Å²) in [4.78, 5) is 0. The Hall–Kier alpha value is -1.55. The molecule has 0 aliphatic carbocycles. The lowest BCUT2D eigenvalue weighted by atomic mass is 10.1. The van der Waals surface area contributed by atoms with Crippen LogP contribution >= 0.6 is 0 Å². The zero-order valence-corrected chi connectivity index (χ0v) is 12.8. The minimum atomic E-state index is 0.250. The first-order valence-corrected chi connectivity index (χ1v) is 7.35. The van der Waals surface area contributed by atoms with E-state index in [0.29, 0.717) is 0 Å². The summed E-state index contributed by atoms with van der Waals surface area (Å²) >= 11 is 0. The molecule has 4 nitrogen and oxygen atoms in total. The van der Waals surface area contributed by atoms with Crippen LogP contribution in [0.3, 0.4) is 0 Å². The van der Waals surface area contributed by atoms with E-state index in [0.717, 1.165) is 48.8 Å². The minimum absolute atomic E-state index is 0.250. The molecule has 1 N–H and O–H groups in total. The summed E-state index contributed by atoms with van der Waals surface area (Å²) < 4.78 is 10.9. The number of furan rings is 1. The largest absolute Gasteiger partial charge is 0.464 e. The molecule has 4 heteroatoms. The standard InChI is InChI=1S/C16H24N2O2/c1-5-14-8-9-16(19-14)12(3)17-10-6-7-15-11(2)18-20-13(15)4/h8-9,12,17H,5-7,10H2,1-4H3. The Kier molecular flexibility index (Phi) is 5.01. The van der Waals surface area contributed by atoms with Crippen molar-refractivity contribution in [1.29, 1.82) is 0 Å². The fraction of sp³-hybridized carbons (Fsp3) is 0.562. The number of nitrogens with one attached hydrogen (secondary N) is 1. The normalized spacial score (nSPS) is 12.8. The Balaban J connectivity index is 1.75. The topological polar surface area (TPSA) is 51.2 Å². The summed E-state index contributed by atoms with van der Waals surface area (Å²) in [7, 11) is 0. The second kappa shape index (κ2) is 6.75. The van der Waals surface area contributed by atoms with E-state index in [4.69, 9.17) is 8.94 Å². The fourth-order valence-corrected chi connectivity index (χ4v) is 2.36. The van der Waals surface area contributed by atoms with Crippen molar-refractivity contribution in [2.75, 3.05) is 6.54 Å². The SMILES string of the molecule is CCc1ccc(C(C)NCCCc2c(C)noc2C)o1. The van der Waals surface area contributed by atoms with E-state index in [-0.39, 0.29) is 6.04 Å². The maximum absolute atomic E-state index is 5.75. The van der Waals surface area contributed by atoms with Gasteiger partial charge in [0, 0.05) is 12.0 Å². The first kappa shape index (κ1) is 14.9. The second-order valence-corrected chi connectivity index (χ2v) is 5.24. The predicted octanol–water partition coefficient (Wildman–Crippen LogP) is 3.73. The lowest BCUT2D eigenvalue weighted by Crippen LogP contribution is -2.20. The molecule has 0 saturated carbocycles. The summed E-state index contributed by atoms with van der Waals surface area (Å²) in [5.41, 5.74) is 2.25. The first-order chi connectivity index (χ1) is 9.61. The van der Waals surface area contributed by atoms with Crippen LogP contribution in [0.4, 0.5) is 0 Å². The van der Waals surface area contributed by atoms with Crippen molar-refractivity contribution in [3.63, 3.8) is 0 Å². The van der Waals surface area contributed by atoms with Crippen LogP contribution in [0, 0.1) is 13.8 Å². The molecular weight excluding hydrogens is 252 g/mol. The van der Waals surface area contributed by atoms with Gasteiger partial charge in [-0.25, -0.2) is 0 Å². The molecule has 0 aliphatic heterocycles. The Bertz CT molecular complexity index is 523. The molecular formula is C16H24N2O2. The van der Waals surface area contributed by atoms with Crippen LogP contribution in [-0.4, -0.2) is 11.7 Å². The first-order valence-electron chi connectivity index (χ1n) is 7.35. The van der Waals surface area contributed by atoms with Gasteiger partial charge in [-0.1, -0.05) is 12.1 Å². The highest BCUT2D eigenvalue weighted by atomic mass is 16.5. The highest BCUT2D eigenvalue weighted by Crippen LogP contribution is 2.17. The van der Waals surface area contributed by atoms with E-state index in [9.17, 15) is 0 Å². The van der Waals surface area contributed by atoms with Crippen LogP contribution in [0.1, 0.15) is 54.8 Å². The Morgan fingerprint density at radius 1 is 1.30 bits per heavy atom. The number of hydrogen-bond acceptors (Lipinski definition) is 4. The van der Waals surface area contributed by atoms with Crippen LogP contribution in [0.25, 0.3) is 0 Å². The van der Waals surface area contributed by atoms with Crippen molar-refractivity contribution >= 4 is 0 Å². The number of aryl methyl sites for hydroxylation is 3. The van der Waals surface area contributed by atoms with Gasteiger partial charge in [0.2, 0.25) is 0 Å². The zero-order chi connectivity index (χ0) is 14.5. The molecule has 1 unspecified atom stereocenters. The summed E-state index contributed by atoms with van der Waals surface area (Å²) in [5.74, 6) is 3.00. The van der Waals surface area contributed by atoms with E-state index in [2.05, 4.69) is 36.5 Å². The minimum Gasteiger partial charge on any atom is -0.464 e. The fourth-order valence-electron chi connectivity index (χ4n) is 2.36. The zero-order valence-electron chi connectivity index (χ0n) is 12.8. The molecule has 0 aromatic carbocycles. The van der Waals surface area contributed by atoms with Gasteiger partial charge in [0.25, 0.3) is 0 Å². The van der Waals surface area contributed by atoms with Crippen LogP contribution in [0.2, 0.25) is 0 Å². The quantitative estimate of drug-likeness (QED) is 0.783. The van der Waals surface area contributed by atoms with E-state index in [1.165, 1.54) is 5.56 Å². The van der Waals surface area contributed by atoms with E-state index < -0.39 is 0 Å². The van der Waals surface area contributed by atoms with Crippen molar-refractivity contribution in [3.05, 3.63) is 40.7 Å². The molecule has 0 fully saturated rings. The molecule has 0 amide bonds. The highest BCUT2D eigenvalue weighted by molar-refractivity contribution is 5.20. The molecule has 110 valence electrons. The summed E-state index contributed by atoms with van der Waals surface area (Å²) in [5, 5.41) is 7.47. The third-order valence-corrected chi connectivity index (χ3v) is 3.69. The molecule has 0 saturated heterocycles. The van der Waals surface area contributed by atoms with Crippen LogP contribution < -0.4 is 5.32 Å². The third-order valence-electron chi connectivity index (χ3n) is 3.69. The van der Waals surface area contributed by atoms with Gasteiger partial charge in [-0.3, -0.25) is 0 Å². The molecule has 0 bridgehead atoms. The molecule has 2 aromatic rings. The Labute approximate surface area is 120 Å². The van der Waals surface area contributed by atoms with Gasteiger partial charge in [-0.2, -0.15) is 0 Å². The summed E-state index contributed by atoms with van der Waals surface area (Å²) in [6, 6.07) is 4.36. The van der Waals surface area contributed by atoms with Crippen LogP contribution in [-0.2, 0) is 12.8 Å². The van der Waals surface area contributed by atoms with E-state index in [1.54, 1.807) is 0 Å². The highest BCUT2D eigenvalue weighted by Gasteiger charge is 2.11. The Morgan fingerprint density at radius 3 is 2.70 bits per heavy atom. The Morgan fingerprint density at radius 2 is 2.10 bits per heavy atom. The van der Waals surface area contributed by atoms with Crippen molar-refractivity contribution < 1.29 is 8.94 Å². The van der Waals surface area contributed by atoms with Gasteiger partial charge in [-0.05, 0) is 52.3 Å². The van der Waals surface area contributed by atoms with Gasteiger partial charge < -0.3 is 14.3 Å². The average molecular weight is 276 g/mol. The number of aromatic nitrogens is 1. The van der Waals surface area contributed by atoms with Crippen LogP contribution in [0.15, 0.2) is 21.1 Å². The smallest absolute Gasteiger partial charge is 0.137 e. The van der Waals surface area contributed by atoms with Crippen molar-refractivity contribution in [2.24, 2.45) is 0 Å². The summed E-state index contributed by atoms with van der Waals surface area (Å²) in [6.45, 7) is 9.16. The second-order valence-electron chi connectivity index (χ2n) is 5.24. The van der Waals surface area contributed by atoms with Crippen molar-refractivity contribution in [2.45, 2.75) is 53.0 Å². The molecule has 20 heavy (non-hydrogen) atoms. The predicted molar refractivity (Wildman–Crippen MR) is 78.8 cm³/mol. The summed E-state index contributed by atoms with van der Waals surface area (Å²) in [6.07, 6.45) is 3.01. The third kappa shape index (κ3) is 3.51. The maximum Gasteiger partial charge on any atom is 0.137 e. The van der Waals surface area contributed by atoms with Gasteiger partial charge in [0.1, 0.15) is 17.3 Å². The number of rotatable bonds is 7. The molecule has 0 radical (unpaired) electrons. The number of hydrogen-bond donors (Lipinski definition) is 1.